The molecule has 1 unspecified atom stereocenters. The van der Waals surface area contributed by atoms with Gasteiger partial charge >= 0.3 is 0 Å². The summed E-state index contributed by atoms with van der Waals surface area (Å²) in [7, 11) is 0. The van der Waals surface area contributed by atoms with Crippen LogP contribution in [-0.4, -0.2) is 16.8 Å². The molecule has 0 radical (unpaired) electrons. The predicted octanol–water partition coefficient (Wildman–Crippen LogP) is 3.18. The van der Waals surface area contributed by atoms with Crippen molar-refractivity contribution in [2.75, 3.05) is 6.54 Å². The van der Waals surface area contributed by atoms with E-state index in [1.807, 2.05) is 24.3 Å². The van der Waals surface area contributed by atoms with Crippen molar-refractivity contribution < 1.29 is 10.2 Å². The lowest BCUT2D eigenvalue weighted by molar-refractivity contribution is 0.280. The minimum Gasteiger partial charge on any atom is -0.508 e. The molecular formula is C19H25NO2. The summed E-state index contributed by atoms with van der Waals surface area (Å²) in [5.41, 5.74) is 8.32. The minimum absolute atomic E-state index is 0.0428. The van der Waals surface area contributed by atoms with Crippen LogP contribution < -0.4 is 5.73 Å². The molecule has 0 saturated carbocycles. The number of aromatic hydroxyl groups is 1. The Hall–Kier alpha value is -1.84. The third-order valence-electron chi connectivity index (χ3n) is 4.54. The van der Waals surface area contributed by atoms with Crippen LogP contribution in [0.1, 0.15) is 37.0 Å². The lowest BCUT2D eigenvalue weighted by Crippen LogP contribution is -2.36. The standard InChI is InChI=1S/C19H25NO2/c1-14(2)19(10-11-20,16-6-4-3-5-7-16)17-12-15(13-21)8-9-18(17)22/h3-9,12,14,21-22H,10-11,13,20H2,1-2H3. The van der Waals surface area contributed by atoms with Crippen molar-refractivity contribution in [3.63, 3.8) is 0 Å². The van der Waals surface area contributed by atoms with E-state index in [4.69, 9.17) is 5.73 Å². The average molecular weight is 299 g/mol. The Morgan fingerprint density at radius 1 is 1.09 bits per heavy atom. The van der Waals surface area contributed by atoms with Crippen LogP contribution in [0.5, 0.6) is 5.75 Å². The molecule has 0 aliphatic heterocycles. The SMILES string of the molecule is CC(C)C(CCN)(c1ccccc1)c1cc(CO)ccc1O. The number of aliphatic hydroxyl groups is 1. The van der Waals surface area contributed by atoms with Crippen LogP contribution in [0, 0.1) is 5.92 Å². The molecule has 0 heterocycles. The molecule has 0 fully saturated rings. The molecule has 2 aromatic carbocycles. The highest BCUT2D eigenvalue weighted by Gasteiger charge is 2.38. The summed E-state index contributed by atoms with van der Waals surface area (Å²) in [4.78, 5) is 0. The molecule has 0 spiro atoms. The van der Waals surface area contributed by atoms with Gasteiger partial charge in [0, 0.05) is 11.0 Å². The first-order valence-electron chi connectivity index (χ1n) is 7.75. The fraction of sp³-hybridized carbons (Fsp3) is 0.368. The van der Waals surface area contributed by atoms with Gasteiger partial charge in [0.15, 0.2) is 0 Å². The second kappa shape index (κ2) is 6.95. The van der Waals surface area contributed by atoms with Gasteiger partial charge in [0.1, 0.15) is 5.75 Å². The normalized spacial score (nSPS) is 14.0. The number of aliphatic hydroxyl groups excluding tert-OH is 1. The summed E-state index contributed by atoms with van der Waals surface area (Å²) in [5.74, 6) is 0.501. The van der Waals surface area contributed by atoms with E-state index in [1.165, 1.54) is 0 Å². The summed E-state index contributed by atoms with van der Waals surface area (Å²) in [6.07, 6.45) is 0.733. The van der Waals surface area contributed by atoms with Crippen molar-refractivity contribution in [1.29, 1.82) is 0 Å². The van der Waals surface area contributed by atoms with E-state index in [-0.39, 0.29) is 23.7 Å². The Balaban J connectivity index is 2.73. The third kappa shape index (κ3) is 2.87. The number of nitrogens with two attached hydrogens (primary N) is 1. The molecule has 0 bridgehead atoms. The van der Waals surface area contributed by atoms with Gasteiger partial charge in [-0.2, -0.15) is 0 Å². The highest BCUT2D eigenvalue weighted by atomic mass is 16.3. The zero-order valence-corrected chi connectivity index (χ0v) is 13.3. The number of phenolic OH excluding ortho intramolecular Hbond substituents is 1. The molecule has 0 amide bonds. The predicted molar refractivity (Wildman–Crippen MR) is 89.8 cm³/mol. The van der Waals surface area contributed by atoms with Crippen LogP contribution in [0.4, 0.5) is 0 Å². The quantitative estimate of drug-likeness (QED) is 0.767. The molecule has 118 valence electrons. The van der Waals surface area contributed by atoms with E-state index in [2.05, 4.69) is 26.0 Å². The van der Waals surface area contributed by atoms with Gasteiger partial charge in [0.05, 0.1) is 6.61 Å². The smallest absolute Gasteiger partial charge is 0.119 e. The molecule has 22 heavy (non-hydrogen) atoms. The van der Waals surface area contributed by atoms with Gasteiger partial charge < -0.3 is 15.9 Å². The van der Waals surface area contributed by atoms with Crippen LogP contribution >= 0.6 is 0 Å². The van der Waals surface area contributed by atoms with E-state index >= 15 is 0 Å². The van der Waals surface area contributed by atoms with Crippen molar-refractivity contribution in [3.05, 3.63) is 65.2 Å². The van der Waals surface area contributed by atoms with E-state index < -0.39 is 0 Å². The molecule has 0 aliphatic carbocycles. The van der Waals surface area contributed by atoms with E-state index in [9.17, 15) is 10.2 Å². The van der Waals surface area contributed by atoms with Crippen molar-refractivity contribution in [1.82, 2.24) is 0 Å². The first-order chi connectivity index (χ1) is 10.6. The van der Waals surface area contributed by atoms with Gasteiger partial charge in [-0.25, -0.2) is 0 Å². The lowest BCUT2D eigenvalue weighted by Gasteiger charge is -2.39. The maximum absolute atomic E-state index is 10.5. The monoisotopic (exact) mass is 299 g/mol. The molecule has 1 atom stereocenters. The summed E-state index contributed by atoms with van der Waals surface area (Å²) in [6.45, 7) is 4.77. The maximum atomic E-state index is 10.5. The highest BCUT2D eigenvalue weighted by Crippen LogP contribution is 2.45. The van der Waals surface area contributed by atoms with Crippen molar-refractivity contribution in [2.45, 2.75) is 32.3 Å². The zero-order chi connectivity index (χ0) is 16.2. The Morgan fingerprint density at radius 2 is 1.77 bits per heavy atom. The molecule has 3 nitrogen and oxygen atoms in total. The van der Waals surface area contributed by atoms with Gasteiger partial charge in [-0.3, -0.25) is 0 Å². The molecule has 0 aromatic heterocycles. The van der Waals surface area contributed by atoms with E-state index in [1.54, 1.807) is 12.1 Å². The van der Waals surface area contributed by atoms with Crippen molar-refractivity contribution in [2.24, 2.45) is 11.7 Å². The molecule has 0 saturated heterocycles. The molecule has 2 aromatic rings. The Kier molecular flexibility index (Phi) is 5.22. The highest BCUT2D eigenvalue weighted by molar-refractivity contribution is 5.49. The minimum atomic E-state index is -0.370. The molecule has 2 rings (SSSR count). The first kappa shape index (κ1) is 16.5. The summed E-state index contributed by atoms with van der Waals surface area (Å²) in [6, 6.07) is 15.5. The second-order valence-electron chi connectivity index (χ2n) is 6.04. The van der Waals surface area contributed by atoms with Crippen LogP contribution in [0.3, 0.4) is 0 Å². The third-order valence-corrected chi connectivity index (χ3v) is 4.54. The van der Waals surface area contributed by atoms with Gasteiger partial charge in [-0.05, 0) is 42.1 Å². The average Bonchev–Trinajstić information content (AvgIpc) is 2.54. The van der Waals surface area contributed by atoms with Crippen LogP contribution in [0.15, 0.2) is 48.5 Å². The number of hydrogen-bond donors (Lipinski definition) is 3. The Labute approximate surface area is 132 Å². The van der Waals surface area contributed by atoms with Crippen LogP contribution in [-0.2, 0) is 12.0 Å². The number of phenols is 1. The molecular weight excluding hydrogens is 274 g/mol. The molecule has 0 aliphatic rings. The van der Waals surface area contributed by atoms with Crippen LogP contribution in [0.2, 0.25) is 0 Å². The fourth-order valence-electron chi connectivity index (χ4n) is 3.37. The number of rotatable bonds is 6. The van der Waals surface area contributed by atoms with Gasteiger partial charge in [-0.15, -0.1) is 0 Å². The van der Waals surface area contributed by atoms with Crippen molar-refractivity contribution in [3.8, 4) is 5.75 Å². The topological polar surface area (TPSA) is 66.5 Å². The Bertz CT molecular complexity index is 610. The maximum Gasteiger partial charge on any atom is 0.119 e. The van der Waals surface area contributed by atoms with Crippen LogP contribution in [0.25, 0.3) is 0 Å². The van der Waals surface area contributed by atoms with E-state index in [0.29, 0.717) is 6.54 Å². The Morgan fingerprint density at radius 3 is 2.32 bits per heavy atom. The summed E-state index contributed by atoms with van der Waals surface area (Å²) >= 11 is 0. The number of benzene rings is 2. The van der Waals surface area contributed by atoms with Gasteiger partial charge in [-0.1, -0.05) is 50.2 Å². The molecule has 4 N–H and O–H groups in total. The molecule has 3 heteroatoms. The first-order valence-corrected chi connectivity index (χ1v) is 7.75. The summed E-state index contributed by atoms with van der Waals surface area (Å²) < 4.78 is 0. The largest absolute Gasteiger partial charge is 0.508 e. The lowest BCUT2D eigenvalue weighted by atomic mass is 9.64. The zero-order valence-electron chi connectivity index (χ0n) is 13.3. The second-order valence-corrected chi connectivity index (χ2v) is 6.04. The van der Waals surface area contributed by atoms with E-state index in [0.717, 1.165) is 23.1 Å². The summed E-state index contributed by atoms with van der Waals surface area (Å²) in [5, 5.41) is 19.9. The number of hydrogen-bond acceptors (Lipinski definition) is 3. The van der Waals surface area contributed by atoms with Crippen molar-refractivity contribution >= 4 is 0 Å². The van der Waals surface area contributed by atoms with Gasteiger partial charge in [0.25, 0.3) is 0 Å². The van der Waals surface area contributed by atoms with Gasteiger partial charge in [0.2, 0.25) is 0 Å². The fourth-order valence-corrected chi connectivity index (χ4v) is 3.37.